The van der Waals surface area contributed by atoms with Gasteiger partial charge in [-0.05, 0) is 32.8 Å². The maximum absolute atomic E-state index is 12.6. The largest absolute Gasteiger partial charge is 0.352 e. The highest BCUT2D eigenvalue weighted by Gasteiger charge is 2.24. The molecule has 0 saturated carbocycles. The minimum absolute atomic E-state index is 0.165. The summed E-state index contributed by atoms with van der Waals surface area (Å²) in [4.78, 5) is 34.0. The maximum atomic E-state index is 12.6. The number of nitrogens with zero attached hydrogens (tertiary/aromatic N) is 7. The van der Waals surface area contributed by atoms with Crippen molar-refractivity contribution in [1.82, 2.24) is 20.0 Å². The molecule has 0 N–H and O–H groups in total. The van der Waals surface area contributed by atoms with Crippen LogP contribution in [0.2, 0.25) is 0 Å². The first-order chi connectivity index (χ1) is 15.5. The molecule has 0 aliphatic carbocycles. The van der Waals surface area contributed by atoms with Crippen molar-refractivity contribution in [2.24, 2.45) is 10.3 Å². The Kier molecular flexibility index (Phi) is 8.92. The average Bonchev–Trinajstić information content (AvgIpc) is 3.22. The number of amides is 1. The van der Waals surface area contributed by atoms with E-state index < -0.39 is 0 Å². The van der Waals surface area contributed by atoms with Crippen molar-refractivity contribution in [1.29, 1.82) is 0 Å². The fourth-order valence-electron chi connectivity index (χ4n) is 3.53. The van der Waals surface area contributed by atoms with Crippen LogP contribution in [-0.2, 0) is 16.1 Å². The minimum atomic E-state index is 0.165. The predicted octanol–water partition coefficient (Wildman–Crippen LogP) is 3.80. The van der Waals surface area contributed by atoms with Gasteiger partial charge >= 0.3 is 0 Å². The Bertz CT molecular complexity index is 951. The number of anilines is 1. The van der Waals surface area contributed by atoms with Gasteiger partial charge in [-0.25, -0.2) is 9.97 Å². The molecule has 0 bridgehead atoms. The van der Waals surface area contributed by atoms with Crippen LogP contribution in [0.3, 0.4) is 0 Å². The zero-order valence-corrected chi connectivity index (χ0v) is 20.3. The van der Waals surface area contributed by atoms with Gasteiger partial charge < -0.3 is 9.80 Å². The fraction of sp³-hybridized carbons (Fsp3) is 0.591. The number of fused-ring (bicyclic) bond motifs is 1. The standard InChI is InChI=1S/C22H33N7O2S/c1-5-7-10-23-26-27(4)31-15-8-9-20(30)28-11-13-29(14-12-28)21-19-16-18(6-2)32-22(19)25-17(3)24-21/h5,7,16H,6,8-15H2,1-4H3/b7-5-,26-23?. The molecule has 2 aromatic heterocycles. The second-order valence-corrected chi connectivity index (χ2v) is 8.75. The van der Waals surface area contributed by atoms with Crippen molar-refractivity contribution >= 4 is 33.3 Å². The van der Waals surface area contributed by atoms with Gasteiger partial charge in [-0.3, -0.25) is 9.63 Å². The molecule has 0 atom stereocenters. The molecule has 3 rings (SSSR count). The molecule has 1 amide bonds. The van der Waals surface area contributed by atoms with Gasteiger partial charge in [0.1, 0.15) is 16.5 Å². The minimum Gasteiger partial charge on any atom is -0.352 e. The Morgan fingerprint density at radius 1 is 1.31 bits per heavy atom. The second kappa shape index (κ2) is 11.9. The van der Waals surface area contributed by atoms with E-state index in [9.17, 15) is 4.79 Å². The van der Waals surface area contributed by atoms with E-state index >= 15 is 0 Å². The van der Waals surface area contributed by atoms with E-state index in [1.54, 1.807) is 18.4 Å². The van der Waals surface area contributed by atoms with Crippen LogP contribution < -0.4 is 4.90 Å². The van der Waals surface area contributed by atoms with Crippen molar-refractivity contribution in [3.63, 3.8) is 0 Å². The Hall–Kier alpha value is -2.59. The van der Waals surface area contributed by atoms with Crippen molar-refractivity contribution in [2.45, 2.75) is 40.0 Å². The summed E-state index contributed by atoms with van der Waals surface area (Å²) in [6, 6.07) is 2.21. The first kappa shape index (κ1) is 24.1. The van der Waals surface area contributed by atoms with Crippen LogP contribution in [0.1, 0.15) is 37.4 Å². The molecular formula is C22H33N7O2S. The van der Waals surface area contributed by atoms with Crippen molar-refractivity contribution < 1.29 is 9.63 Å². The highest BCUT2D eigenvalue weighted by Crippen LogP contribution is 2.31. The highest BCUT2D eigenvalue weighted by atomic mass is 32.1. The first-order valence-electron chi connectivity index (χ1n) is 11.2. The van der Waals surface area contributed by atoms with Gasteiger partial charge in [0, 0.05) is 37.5 Å². The molecule has 10 heteroatoms. The monoisotopic (exact) mass is 459 g/mol. The van der Waals surface area contributed by atoms with Crippen molar-refractivity contribution in [3.8, 4) is 0 Å². The number of aromatic nitrogens is 2. The zero-order chi connectivity index (χ0) is 22.9. The van der Waals surface area contributed by atoms with Crippen LogP contribution in [-0.4, -0.2) is 72.3 Å². The third-order valence-corrected chi connectivity index (χ3v) is 6.41. The van der Waals surface area contributed by atoms with Gasteiger partial charge in [0.15, 0.2) is 0 Å². The van der Waals surface area contributed by atoms with Gasteiger partial charge in [0.05, 0.1) is 25.6 Å². The molecule has 0 aromatic carbocycles. The van der Waals surface area contributed by atoms with Crippen LogP contribution >= 0.6 is 11.3 Å². The Morgan fingerprint density at radius 3 is 2.81 bits per heavy atom. The smallest absolute Gasteiger partial charge is 0.222 e. The summed E-state index contributed by atoms with van der Waals surface area (Å²) in [6.45, 7) is 9.96. The highest BCUT2D eigenvalue weighted by molar-refractivity contribution is 7.18. The SMILES string of the molecule is C/C=C\CN=NN(C)OCCCC(=O)N1CCN(c2nc(C)nc3sc(CC)cc23)CC1. The lowest BCUT2D eigenvalue weighted by Gasteiger charge is -2.35. The molecule has 3 heterocycles. The fourth-order valence-corrected chi connectivity index (χ4v) is 4.53. The van der Waals surface area contributed by atoms with Crippen LogP contribution in [0.25, 0.3) is 10.2 Å². The van der Waals surface area contributed by atoms with E-state index in [0.29, 0.717) is 39.1 Å². The van der Waals surface area contributed by atoms with E-state index in [0.717, 1.165) is 41.4 Å². The molecule has 174 valence electrons. The van der Waals surface area contributed by atoms with E-state index in [1.807, 2.05) is 30.9 Å². The van der Waals surface area contributed by atoms with Gasteiger partial charge in [0.25, 0.3) is 0 Å². The van der Waals surface area contributed by atoms with E-state index in [2.05, 4.69) is 33.2 Å². The Balaban J connectivity index is 1.45. The van der Waals surface area contributed by atoms with Gasteiger partial charge in [-0.2, -0.15) is 10.3 Å². The third kappa shape index (κ3) is 6.46. The summed E-state index contributed by atoms with van der Waals surface area (Å²) < 4.78 is 0. The number of hydrogen-bond acceptors (Lipinski definition) is 8. The van der Waals surface area contributed by atoms with Crippen molar-refractivity contribution in [2.75, 3.05) is 51.3 Å². The lowest BCUT2D eigenvalue weighted by atomic mass is 10.2. The molecule has 0 radical (unpaired) electrons. The molecule has 1 saturated heterocycles. The molecule has 9 nitrogen and oxygen atoms in total. The number of hydroxylamine groups is 1. The quantitative estimate of drug-likeness (QED) is 0.232. The maximum Gasteiger partial charge on any atom is 0.222 e. The number of carbonyl (C=O) groups is 1. The number of allylic oxidation sites excluding steroid dienone is 1. The average molecular weight is 460 g/mol. The molecule has 1 aliphatic heterocycles. The number of piperazine rings is 1. The number of aryl methyl sites for hydroxylation is 2. The lowest BCUT2D eigenvalue weighted by molar-refractivity contribution is -0.149. The van der Waals surface area contributed by atoms with Crippen molar-refractivity contribution in [3.05, 3.63) is 28.9 Å². The summed E-state index contributed by atoms with van der Waals surface area (Å²) in [6.07, 6.45) is 5.94. The van der Waals surface area contributed by atoms with E-state index in [1.165, 1.54) is 10.0 Å². The lowest BCUT2D eigenvalue weighted by Crippen LogP contribution is -2.49. The second-order valence-electron chi connectivity index (χ2n) is 7.63. The summed E-state index contributed by atoms with van der Waals surface area (Å²) in [5.74, 6) is 1.95. The molecule has 0 spiro atoms. The number of carbonyl (C=O) groups excluding carboxylic acids is 1. The third-order valence-electron chi connectivity index (χ3n) is 5.24. The van der Waals surface area contributed by atoms with Gasteiger partial charge in [-0.15, -0.1) is 11.3 Å². The van der Waals surface area contributed by atoms with Crippen LogP contribution in [0, 0.1) is 6.92 Å². The molecular weight excluding hydrogens is 426 g/mol. The van der Waals surface area contributed by atoms with Crippen LogP contribution in [0.4, 0.5) is 5.82 Å². The van der Waals surface area contributed by atoms with E-state index in [4.69, 9.17) is 9.82 Å². The Morgan fingerprint density at radius 2 is 2.09 bits per heavy atom. The summed E-state index contributed by atoms with van der Waals surface area (Å²) in [5.41, 5.74) is 0. The number of hydrogen-bond donors (Lipinski definition) is 0. The summed E-state index contributed by atoms with van der Waals surface area (Å²) in [7, 11) is 1.70. The first-order valence-corrected chi connectivity index (χ1v) is 12.0. The van der Waals surface area contributed by atoms with E-state index in [-0.39, 0.29) is 5.91 Å². The topological polar surface area (TPSA) is 86.5 Å². The van der Waals surface area contributed by atoms with Gasteiger partial charge in [-0.1, -0.05) is 24.3 Å². The molecule has 0 unspecified atom stereocenters. The molecule has 1 fully saturated rings. The van der Waals surface area contributed by atoms with Gasteiger partial charge in [0.2, 0.25) is 5.91 Å². The molecule has 1 aliphatic rings. The Labute approximate surface area is 193 Å². The summed E-state index contributed by atoms with van der Waals surface area (Å²) >= 11 is 1.74. The molecule has 32 heavy (non-hydrogen) atoms. The van der Waals surface area contributed by atoms with Crippen LogP contribution in [0.5, 0.6) is 0 Å². The normalized spacial score (nSPS) is 14.9. The molecule has 2 aromatic rings. The van der Waals surface area contributed by atoms with Crippen LogP contribution in [0.15, 0.2) is 28.6 Å². The number of thiophene rings is 1. The number of rotatable bonds is 10. The zero-order valence-electron chi connectivity index (χ0n) is 19.5. The summed E-state index contributed by atoms with van der Waals surface area (Å²) in [5, 5.41) is 10.3. The predicted molar refractivity (Wildman–Crippen MR) is 128 cm³/mol.